The lowest BCUT2D eigenvalue weighted by Crippen LogP contribution is -2.08. The van der Waals surface area contributed by atoms with Crippen molar-refractivity contribution >= 4 is 5.97 Å². The number of carbonyl (C=O) groups is 1. The standard InChI is InChI=1S/C14H22O3/c1-4-7-8-9-13-12(14(15)16-6-3)10-11(5-2)17-13/h5,11H,2,4,6-10H2,1,3H3. The summed E-state index contributed by atoms with van der Waals surface area (Å²) in [6.45, 7) is 8.09. The highest BCUT2D eigenvalue weighted by Gasteiger charge is 2.28. The van der Waals surface area contributed by atoms with Crippen molar-refractivity contribution in [3.8, 4) is 0 Å². The summed E-state index contributed by atoms with van der Waals surface area (Å²) < 4.78 is 10.7. The number of allylic oxidation sites excluding steroid dienone is 1. The number of ether oxygens (including phenoxy) is 2. The van der Waals surface area contributed by atoms with E-state index in [1.165, 1.54) is 0 Å². The highest BCUT2D eigenvalue weighted by Crippen LogP contribution is 2.30. The van der Waals surface area contributed by atoms with E-state index in [0.717, 1.165) is 31.4 Å². The van der Waals surface area contributed by atoms with E-state index in [4.69, 9.17) is 9.47 Å². The molecule has 1 rings (SSSR count). The van der Waals surface area contributed by atoms with Crippen LogP contribution in [-0.2, 0) is 14.3 Å². The number of esters is 1. The molecule has 0 amide bonds. The van der Waals surface area contributed by atoms with Gasteiger partial charge in [0, 0.05) is 12.8 Å². The number of rotatable bonds is 7. The first-order valence-electron chi connectivity index (χ1n) is 6.41. The van der Waals surface area contributed by atoms with Crippen LogP contribution in [0.25, 0.3) is 0 Å². The first-order valence-corrected chi connectivity index (χ1v) is 6.41. The Morgan fingerprint density at radius 1 is 1.53 bits per heavy atom. The normalized spacial score (nSPS) is 19.1. The molecule has 96 valence electrons. The second kappa shape index (κ2) is 7.15. The summed E-state index contributed by atoms with van der Waals surface area (Å²) in [6.07, 6.45) is 6.47. The Morgan fingerprint density at radius 2 is 2.29 bits per heavy atom. The van der Waals surface area contributed by atoms with Crippen LogP contribution in [0.1, 0.15) is 46.0 Å². The van der Waals surface area contributed by atoms with E-state index in [1.807, 2.05) is 6.92 Å². The van der Waals surface area contributed by atoms with E-state index >= 15 is 0 Å². The lowest BCUT2D eigenvalue weighted by Gasteiger charge is -2.08. The fourth-order valence-electron chi connectivity index (χ4n) is 1.90. The summed E-state index contributed by atoms with van der Waals surface area (Å²) in [6, 6.07) is 0. The van der Waals surface area contributed by atoms with Gasteiger partial charge in [0.2, 0.25) is 0 Å². The SMILES string of the molecule is C=CC1CC(C(=O)OCC)=C(CCCCC)O1. The molecule has 0 bridgehead atoms. The van der Waals surface area contributed by atoms with Crippen LogP contribution >= 0.6 is 0 Å². The van der Waals surface area contributed by atoms with E-state index in [2.05, 4.69) is 13.5 Å². The molecule has 1 aliphatic rings. The first kappa shape index (κ1) is 13.8. The van der Waals surface area contributed by atoms with Gasteiger partial charge in [0.25, 0.3) is 0 Å². The molecule has 1 heterocycles. The highest BCUT2D eigenvalue weighted by atomic mass is 16.5. The van der Waals surface area contributed by atoms with Gasteiger partial charge in [-0.2, -0.15) is 0 Å². The van der Waals surface area contributed by atoms with Gasteiger partial charge in [0.05, 0.1) is 12.2 Å². The number of unbranched alkanes of at least 4 members (excludes halogenated alkanes) is 2. The third kappa shape index (κ3) is 3.91. The first-order chi connectivity index (χ1) is 8.22. The minimum atomic E-state index is -0.233. The van der Waals surface area contributed by atoms with E-state index in [-0.39, 0.29) is 12.1 Å². The van der Waals surface area contributed by atoms with Crippen molar-refractivity contribution in [2.45, 2.75) is 52.1 Å². The van der Waals surface area contributed by atoms with Crippen LogP contribution in [0.5, 0.6) is 0 Å². The molecule has 3 nitrogen and oxygen atoms in total. The molecule has 0 fully saturated rings. The van der Waals surface area contributed by atoms with Crippen molar-refractivity contribution in [1.82, 2.24) is 0 Å². The molecule has 0 aliphatic carbocycles. The molecule has 0 radical (unpaired) electrons. The average molecular weight is 238 g/mol. The molecule has 1 atom stereocenters. The molecular formula is C14H22O3. The zero-order valence-electron chi connectivity index (χ0n) is 10.8. The molecule has 1 aliphatic heterocycles. The van der Waals surface area contributed by atoms with Gasteiger partial charge in [-0.15, -0.1) is 0 Å². The predicted molar refractivity (Wildman–Crippen MR) is 67.5 cm³/mol. The Balaban J connectivity index is 2.65. The average Bonchev–Trinajstić information content (AvgIpc) is 2.73. The quantitative estimate of drug-likeness (QED) is 0.387. The second-order valence-electron chi connectivity index (χ2n) is 4.18. The molecule has 0 saturated heterocycles. The minimum Gasteiger partial charge on any atom is -0.490 e. The molecule has 17 heavy (non-hydrogen) atoms. The van der Waals surface area contributed by atoms with E-state index in [9.17, 15) is 4.79 Å². The summed E-state index contributed by atoms with van der Waals surface area (Å²) in [5.74, 6) is 0.574. The zero-order valence-corrected chi connectivity index (χ0v) is 10.8. The van der Waals surface area contributed by atoms with Crippen molar-refractivity contribution in [3.05, 3.63) is 24.0 Å². The smallest absolute Gasteiger partial charge is 0.337 e. The molecule has 0 aromatic heterocycles. The molecule has 1 unspecified atom stereocenters. The Bertz CT molecular complexity index is 305. The minimum absolute atomic E-state index is 0.0639. The molecule has 3 heteroatoms. The third-order valence-electron chi connectivity index (χ3n) is 2.83. The summed E-state index contributed by atoms with van der Waals surface area (Å²) in [4.78, 5) is 11.8. The van der Waals surface area contributed by atoms with Gasteiger partial charge in [-0.3, -0.25) is 0 Å². The van der Waals surface area contributed by atoms with Crippen molar-refractivity contribution < 1.29 is 14.3 Å². The monoisotopic (exact) mass is 238 g/mol. The van der Waals surface area contributed by atoms with Crippen LogP contribution in [0.15, 0.2) is 24.0 Å². The van der Waals surface area contributed by atoms with Crippen LogP contribution < -0.4 is 0 Å². The fourth-order valence-corrected chi connectivity index (χ4v) is 1.90. The van der Waals surface area contributed by atoms with E-state index in [0.29, 0.717) is 18.6 Å². The summed E-state index contributed by atoms with van der Waals surface area (Å²) in [5, 5.41) is 0. The highest BCUT2D eigenvalue weighted by molar-refractivity contribution is 5.89. The van der Waals surface area contributed by atoms with Gasteiger partial charge in [-0.05, 0) is 13.3 Å². The molecule has 0 saturated carbocycles. The molecule has 0 aromatic rings. The third-order valence-corrected chi connectivity index (χ3v) is 2.83. The topological polar surface area (TPSA) is 35.5 Å². The Morgan fingerprint density at radius 3 is 2.88 bits per heavy atom. The summed E-state index contributed by atoms with van der Waals surface area (Å²) >= 11 is 0. The van der Waals surface area contributed by atoms with Crippen molar-refractivity contribution in [3.63, 3.8) is 0 Å². The fraction of sp³-hybridized carbons (Fsp3) is 0.643. The maximum atomic E-state index is 11.8. The molecule has 0 N–H and O–H groups in total. The molecule has 0 aromatic carbocycles. The molecule has 0 spiro atoms. The Labute approximate surface area is 103 Å². The van der Waals surface area contributed by atoms with Crippen molar-refractivity contribution in [2.75, 3.05) is 6.61 Å². The van der Waals surface area contributed by atoms with Gasteiger partial charge < -0.3 is 9.47 Å². The van der Waals surface area contributed by atoms with E-state index in [1.54, 1.807) is 6.08 Å². The van der Waals surface area contributed by atoms with Crippen molar-refractivity contribution in [1.29, 1.82) is 0 Å². The largest absolute Gasteiger partial charge is 0.490 e. The predicted octanol–water partition coefficient (Wildman–Crippen LogP) is 3.36. The second-order valence-corrected chi connectivity index (χ2v) is 4.18. The van der Waals surface area contributed by atoms with Gasteiger partial charge in [0.1, 0.15) is 11.9 Å². The van der Waals surface area contributed by atoms with Crippen molar-refractivity contribution in [2.24, 2.45) is 0 Å². The van der Waals surface area contributed by atoms with Crippen LogP contribution in [0, 0.1) is 0 Å². The van der Waals surface area contributed by atoms with Gasteiger partial charge in [-0.1, -0.05) is 32.4 Å². The maximum absolute atomic E-state index is 11.8. The summed E-state index contributed by atoms with van der Waals surface area (Å²) in [7, 11) is 0. The maximum Gasteiger partial charge on any atom is 0.337 e. The lowest BCUT2D eigenvalue weighted by molar-refractivity contribution is -0.138. The molecular weight excluding hydrogens is 216 g/mol. The Kier molecular flexibility index (Phi) is 5.81. The van der Waals surface area contributed by atoms with Crippen LogP contribution in [0.2, 0.25) is 0 Å². The van der Waals surface area contributed by atoms with Gasteiger partial charge in [0.15, 0.2) is 0 Å². The number of hydrogen-bond acceptors (Lipinski definition) is 3. The summed E-state index contributed by atoms with van der Waals surface area (Å²) in [5.41, 5.74) is 0.702. The number of carbonyl (C=O) groups excluding carboxylic acids is 1. The van der Waals surface area contributed by atoms with Gasteiger partial charge in [-0.25, -0.2) is 4.79 Å². The van der Waals surface area contributed by atoms with Crippen LogP contribution in [0.3, 0.4) is 0 Å². The zero-order chi connectivity index (χ0) is 12.7. The van der Waals surface area contributed by atoms with Crippen LogP contribution in [-0.4, -0.2) is 18.7 Å². The number of hydrogen-bond donors (Lipinski definition) is 0. The van der Waals surface area contributed by atoms with E-state index < -0.39 is 0 Å². The van der Waals surface area contributed by atoms with Crippen LogP contribution in [0.4, 0.5) is 0 Å². The lowest BCUT2D eigenvalue weighted by atomic mass is 10.1. The Hall–Kier alpha value is -1.25. The van der Waals surface area contributed by atoms with Gasteiger partial charge >= 0.3 is 5.97 Å².